The molecule has 1 fully saturated rings. The molecule has 3 heteroatoms. The lowest BCUT2D eigenvalue weighted by molar-refractivity contribution is -0.127. The Kier molecular flexibility index (Phi) is 2.14. The van der Waals surface area contributed by atoms with Crippen LogP contribution in [0.4, 0.5) is 4.39 Å². The van der Waals surface area contributed by atoms with Gasteiger partial charge >= 0.3 is 0 Å². The lowest BCUT2D eigenvalue weighted by atomic mass is 9.88. The third-order valence-corrected chi connectivity index (χ3v) is 1.81. The van der Waals surface area contributed by atoms with Crippen LogP contribution in [0, 0.1) is 5.92 Å². The van der Waals surface area contributed by atoms with E-state index in [1.807, 2.05) is 0 Å². The number of carbonyl (C=O) groups excluding carboxylic acids is 2. The van der Waals surface area contributed by atoms with Crippen LogP contribution >= 0.6 is 0 Å². The number of alkyl halides is 1. The third kappa shape index (κ3) is 1.40. The molecule has 0 aromatic heterocycles. The predicted molar refractivity (Wildman–Crippen MR) is 33.3 cm³/mol. The Morgan fingerprint density at radius 1 is 1.60 bits per heavy atom. The largest absolute Gasteiger partial charge is 0.303 e. The third-order valence-electron chi connectivity index (χ3n) is 1.81. The van der Waals surface area contributed by atoms with Crippen molar-refractivity contribution >= 4 is 12.1 Å². The van der Waals surface area contributed by atoms with Gasteiger partial charge < -0.3 is 4.79 Å². The number of hydrogen-bond acceptors (Lipinski definition) is 2. The lowest BCUT2D eigenvalue weighted by Crippen LogP contribution is -2.26. The van der Waals surface area contributed by atoms with Crippen LogP contribution in [0.5, 0.6) is 0 Å². The molecule has 10 heavy (non-hydrogen) atoms. The summed E-state index contributed by atoms with van der Waals surface area (Å²) in [6.45, 7) is 0. The van der Waals surface area contributed by atoms with Crippen LogP contribution in [0.1, 0.15) is 19.3 Å². The van der Waals surface area contributed by atoms with E-state index in [1.165, 1.54) is 0 Å². The zero-order valence-electron chi connectivity index (χ0n) is 5.55. The molecule has 1 aliphatic rings. The maximum atomic E-state index is 12.5. The molecular weight excluding hydrogens is 135 g/mol. The van der Waals surface area contributed by atoms with Gasteiger partial charge in [-0.25, -0.2) is 4.39 Å². The normalized spacial score (nSPS) is 33.9. The Labute approximate surface area is 58.4 Å². The van der Waals surface area contributed by atoms with Crippen LogP contribution in [-0.2, 0) is 9.59 Å². The fraction of sp³-hybridized carbons (Fsp3) is 0.714. The quantitative estimate of drug-likeness (QED) is 0.512. The van der Waals surface area contributed by atoms with Crippen LogP contribution in [-0.4, -0.2) is 18.2 Å². The highest BCUT2D eigenvalue weighted by molar-refractivity contribution is 5.84. The molecule has 56 valence electrons. The molecule has 0 saturated heterocycles. The fourth-order valence-corrected chi connectivity index (χ4v) is 1.12. The maximum Gasteiger partial charge on any atom is 0.166 e. The number of ketones is 1. The molecule has 0 heterocycles. The first-order chi connectivity index (χ1) is 4.74. The van der Waals surface area contributed by atoms with Gasteiger partial charge in [-0.15, -0.1) is 0 Å². The number of hydrogen-bond donors (Lipinski definition) is 0. The molecule has 0 spiro atoms. The number of Topliss-reactive ketones (excluding diaryl/α,β-unsaturated/α-hetero) is 1. The molecule has 1 saturated carbocycles. The van der Waals surface area contributed by atoms with Crippen molar-refractivity contribution in [2.75, 3.05) is 0 Å². The van der Waals surface area contributed by atoms with Gasteiger partial charge in [0.15, 0.2) is 12.0 Å². The summed E-state index contributed by atoms with van der Waals surface area (Å²) in [5.74, 6) is -0.578. The van der Waals surface area contributed by atoms with Gasteiger partial charge in [0.2, 0.25) is 0 Å². The van der Waals surface area contributed by atoms with Gasteiger partial charge in [0.05, 0.1) is 0 Å². The summed E-state index contributed by atoms with van der Waals surface area (Å²) >= 11 is 0. The van der Waals surface area contributed by atoms with Crippen molar-refractivity contribution in [2.24, 2.45) is 5.92 Å². The second-order valence-corrected chi connectivity index (χ2v) is 2.60. The van der Waals surface area contributed by atoms with Crippen LogP contribution in [0.15, 0.2) is 0 Å². The first kappa shape index (κ1) is 7.38. The van der Waals surface area contributed by atoms with Gasteiger partial charge in [0, 0.05) is 12.3 Å². The first-order valence-corrected chi connectivity index (χ1v) is 3.36. The molecule has 1 rings (SSSR count). The Balaban J connectivity index is 2.48. The Morgan fingerprint density at radius 3 is 2.80 bits per heavy atom. The summed E-state index contributed by atoms with van der Waals surface area (Å²) in [6.07, 6.45) is 0.207. The summed E-state index contributed by atoms with van der Waals surface area (Å²) in [5, 5.41) is 0. The number of aldehydes is 1. The highest BCUT2D eigenvalue weighted by Gasteiger charge is 2.27. The Morgan fingerprint density at radius 2 is 2.30 bits per heavy atom. The summed E-state index contributed by atoms with van der Waals surface area (Å²) in [6, 6.07) is 0. The van der Waals surface area contributed by atoms with E-state index in [4.69, 9.17) is 0 Å². The molecule has 0 unspecified atom stereocenters. The zero-order valence-corrected chi connectivity index (χ0v) is 5.55. The van der Waals surface area contributed by atoms with E-state index >= 15 is 0 Å². The summed E-state index contributed by atoms with van der Waals surface area (Å²) in [4.78, 5) is 20.7. The lowest BCUT2D eigenvalue weighted by Gasteiger charge is -2.18. The number of carbonyl (C=O) groups is 2. The van der Waals surface area contributed by atoms with Crippen molar-refractivity contribution in [2.45, 2.75) is 25.4 Å². The van der Waals surface area contributed by atoms with E-state index in [0.717, 1.165) is 6.29 Å². The molecule has 0 N–H and O–H groups in total. The smallest absolute Gasteiger partial charge is 0.166 e. The maximum absolute atomic E-state index is 12.5. The van der Waals surface area contributed by atoms with Crippen LogP contribution in [0.2, 0.25) is 0 Å². The summed E-state index contributed by atoms with van der Waals surface area (Å²) in [5.41, 5.74) is 0. The van der Waals surface area contributed by atoms with E-state index in [9.17, 15) is 14.0 Å². The Hall–Kier alpha value is -0.730. The van der Waals surface area contributed by atoms with Crippen molar-refractivity contribution in [1.82, 2.24) is 0 Å². The molecule has 0 amide bonds. The van der Waals surface area contributed by atoms with Gasteiger partial charge in [-0.3, -0.25) is 4.79 Å². The van der Waals surface area contributed by atoms with E-state index < -0.39 is 6.17 Å². The minimum Gasteiger partial charge on any atom is -0.303 e. The van der Waals surface area contributed by atoms with Crippen molar-refractivity contribution in [3.8, 4) is 0 Å². The van der Waals surface area contributed by atoms with E-state index in [0.29, 0.717) is 6.42 Å². The Bertz CT molecular complexity index is 156. The van der Waals surface area contributed by atoms with Crippen LogP contribution in [0.25, 0.3) is 0 Å². The SMILES string of the molecule is O=C[C@@H]1CCC(=O)[C@@H](F)C1. The molecule has 0 aliphatic heterocycles. The molecular formula is C7H9FO2. The molecule has 0 aromatic rings. The second-order valence-electron chi connectivity index (χ2n) is 2.60. The van der Waals surface area contributed by atoms with Crippen molar-refractivity contribution in [1.29, 1.82) is 0 Å². The predicted octanol–water partition coefficient (Wildman–Crippen LogP) is 0.893. The average molecular weight is 144 g/mol. The molecule has 2 nitrogen and oxygen atoms in total. The van der Waals surface area contributed by atoms with E-state index in [2.05, 4.69) is 0 Å². The summed E-state index contributed by atoms with van der Waals surface area (Å²) < 4.78 is 12.5. The van der Waals surface area contributed by atoms with Crippen LogP contribution in [0.3, 0.4) is 0 Å². The van der Waals surface area contributed by atoms with Crippen molar-refractivity contribution < 1.29 is 14.0 Å². The minimum absolute atomic E-state index is 0.0995. The van der Waals surface area contributed by atoms with E-state index in [-0.39, 0.29) is 24.5 Å². The highest BCUT2D eigenvalue weighted by Crippen LogP contribution is 2.21. The number of rotatable bonds is 1. The standard InChI is InChI=1S/C7H9FO2/c8-6-3-5(4-9)1-2-7(6)10/h4-6H,1-3H2/t5-,6+/m1/s1. The molecule has 0 radical (unpaired) electrons. The van der Waals surface area contributed by atoms with Crippen LogP contribution < -0.4 is 0 Å². The van der Waals surface area contributed by atoms with Gasteiger partial charge in [-0.05, 0) is 12.8 Å². The topological polar surface area (TPSA) is 34.1 Å². The number of halogens is 1. The zero-order chi connectivity index (χ0) is 7.56. The molecule has 2 atom stereocenters. The van der Waals surface area contributed by atoms with Gasteiger partial charge in [0.1, 0.15) is 6.29 Å². The van der Waals surface area contributed by atoms with Crippen molar-refractivity contribution in [3.05, 3.63) is 0 Å². The monoisotopic (exact) mass is 144 g/mol. The highest BCUT2D eigenvalue weighted by atomic mass is 19.1. The van der Waals surface area contributed by atoms with E-state index in [1.54, 1.807) is 0 Å². The molecule has 0 aromatic carbocycles. The average Bonchev–Trinajstić information content (AvgIpc) is 1.95. The van der Waals surface area contributed by atoms with Gasteiger partial charge in [-0.2, -0.15) is 0 Å². The fourth-order valence-electron chi connectivity index (χ4n) is 1.12. The summed E-state index contributed by atoms with van der Waals surface area (Å²) in [7, 11) is 0. The second kappa shape index (κ2) is 2.90. The van der Waals surface area contributed by atoms with Gasteiger partial charge in [-0.1, -0.05) is 0 Å². The molecule has 0 bridgehead atoms. The first-order valence-electron chi connectivity index (χ1n) is 3.36. The minimum atomic E-state index is -1.39. The van der Waals surface area contributed by atoms with Crippen molar-refractivity contribution in [3.63, 3.8) is 0 Å². The molecule has 1 aliphatic carbocycles. The van der Waals surface area contributed by atoms with Gasteiger partial charge in [0.25, 0.3) is 0 Å².